The first-order valence-corrected chi connectivity index (χ1v) is 9.33. The maximum atomic E-state index is 12.8. The second-order valence-corrected chi connectivity index (χ2v) is 6.94. The molecule has 3 rings (SSSR count). The molecule has 0 bridgehead atoms. The number of amides is 1. The van der Waals surface area contributed by atoms with Crippen LogP contribution in [0.25, 0.3) is 11.0 Å². The van der Waals surface area contributed by atoms with Crippen molar-refractivity contribution in [2.24, 2.45) is 0 Å². The van der Waals surface area contributed by atoms with Crippen LogP contribution in [-0.2, 0) is 21.8 Å². The van der Waals surface area contributed by atoms with Crippen LogP contribution in [0.15, 0.2) is 24.3 Å². The van der Waals surface area contributed by atoms with Gasteiger partial charge in [0.05, 0.1) is 35.5 Å². The number of ether oxygens (including phenoxy) is 1. The van der Waals surface area contributed by atoms with Gasteiger partial charge in [0.25, 0.3) is 0 Å². The van der Waals surface area contributed by atoms with Crippen molar-refractivity contribution >= 4 is 28.7 Å². The van der Waals surface area contributed by atoms with Crippen LogP contribution in [0, 0.1) is 0 Å². The van der Waals surface area contributed by atoms with Crippen LogP contribution in [-0.4, -0.2) is 51.9 Å². The molecule has 1 aliphatic rings. The minimum atomic E-state index is 0.0975. The average Bonchev–Trinajstić information content (AvgIpc) is 2.88. The van der Waals surface area contributed by atoms with Crippen molar-refractivity contribution in [2.75, 3.05) is 19.4 Å². The summed E-state index contributed by atoms with van der Waals surface area (Å²) in [5, 5.41) is 0. The van der Waals surface area contributed by atoms with Gasteiger partial charge in [0.15, 0.2) is 0 Å². The summed E-state index contributed by atoms with van der Waals surface area (Å²) in [6.45, 7) is 5.66. The van der Waals surface area contributed by atoms with Crippen LogP contribution in [0.2, 0.25) is 0 Å². The predicted molar refractivity (Wildman–Crippen MR) is 93.5 cm³/mol. The average molecular weight is 333 g/mol. The van der Waals surface area contributed by atoms with E-state index >= 15 is 0 Å². The number of thioether (sulfide) groups is 1. The van der Waals surface area contributed by atoms with Crippen molar-refractivity contribution in [3.63, 3.8) is 0 Å². The van der Waals surface area contributed by atoms with Gasteiger partial charge in [-0.25, -0.2) is 4.98 Å². The molecule has 2 heterocycles. The zero-order valence-corrected chi connectivity index (χ0v) is 14.7. The van der Waals surface area contributed by atoms with Crippen molar-refractivity contribution in [2.45, 2.75) is 38.3 Å². The molecule has 2 atom stereocenters. The van der Waals surface area contributed by atoms with E-state index in [1.807, 2.05) is 43.0 Å². The Balaban J connectivity index is 1.87. The molecule has 1 saturated heterocycles. The Labute approximate surface area is 141 Å². The summed E-state index contributed by atoms with van der Waals surface area (Å²) < 4.78 is 7.68. The Hall–Kier alpha value is -1.53. The normalized spacial score (nSPS) is 21.8. The monoisotopic (exact) mass is 333 g/mol. The lowest BCUT2D eigenvalue weighted by atomic mass is 10.2. The summed E-state index contributed by atoms with van der Waals surface area (Å²) in [4.78, 5) is 19.5. The summed E-state index contributed by atoms with van der Waals surface area (Å²) in [5.74, 6) is 1.90. The highest BCUT2D eigenvalue weighted by molar-refractivity contribution is 7.97. The van der Waals surface area contributed by atoms with Crippen LogP contribution < -0.4 is 0 Å². The molecule has 0 unspecified atom stereocenters. The van der Waals surface area contributed by atoms with E-state index in [2.05, 4.69) is 15.8 Å². The largest absolute Gasteiger partial charge is 0.375 e. The number of carbonyl (C=O) groups excluding carboxylic acids is 1. The number of fused-ring (bicyclic) bond motifs is 1. The number of hydrogen-bond acceptors (Lipinski definition) is 4. The summed E-state index contributed by atoms with van der Waals surface area (Å²) in [5.41, 5.74) is 1.98. The van der Waals surface area contributed by atoms with E-state index in [9.17, 15) is 4.79 Å². The Morgan fingerprint density at radius 2 is 2.17 bits per heavy atom. The second kappa shape index (κ2) is 6.93. The number of carbonyl (C=O) groups is 1. The molecular formula is C17H23N3O2S. The molecule has 1 aromatic heterocycles. The van der Waals surface area contributed by atoms with Gasteiger partial charge < -0.3 is 14.2 Å². The van der Waals surface area contributed by atoms with Gasteiger partial charge in [-0.15, -0.1) is 0 Å². The summed E-state index contributed by atoms with van der Waals surface area (Å²) >= 11 is 1.72. The fraction of sp³-hybridized carbons (Fsp3) is 0.529. The van der Waals surface area contributed by atoms with Crippen molar-refractivity contribution in [3.05, 3.63) is 30.1 Å². The van der Waals surface area contributed by atoms with E-state index in [0.717, 1.165) is 22.6 Å². The van der Waals surface area contributed by atoms with Crippen LogP contribution in [0.5, 0.6) is 0 Å². The molecule has 23 heavy (non-hydrogen) atoms. The van der Waals surface area contributed by atoms with Crippen LogP contribution in [0.4, 0.5) is 0 Å². The van der Waals surface area contributed by atoms with Crippen molar-refractivity contribution in [1.29, 1.82) is 0 Å². The van der Waals surface area contributed by atoms with E-state index in [1.165, 1.54) is 0 Å². The van der Waals surface area contributed by atoms with Crippen LogP contribution >= 0.6 is 11.8 Å². The van der Waals surface area contributed by atoms with E-state index in [-0.39, 0.29) is 18.1 Å². The smallest absolute Gasteiger partial charge is 0.242 e. The van der Waals surface area contributed by atoms with E-state index in [0.29, 0.717) is 19.7 Å². The minimum Gasteiger partial charge on any atom is -0.375 e. The third kappa shape index (κ3) is 3.38. The molecular weight excluding hydrogens is 310 g/mol. The molecule has 1 aromatic carbocycles. The molecule has 0 radical (unpaired) electrons. The molecule has 124 valence electrons. The number of imidazole rings is 1. The summed E-state index contributed by atoms with van der Waals surface area (Å²) in [7, 11) is 0. The van der Waals surface area contributed by atoms with E-state index in [4.69, 9.17) is 4.74 Å². The van der Waals surface area contributed by atoms with Crippen molar-refractivity contribution in [3.8, 4) is 0 Å². The highest BCUT2D eigenvalue weighted by Crippen LogP contribution is 2.20. The number of aromatic nitrogens is 2. The molecule has 1 fully saturated rings. The molecule has 5 nitrogen and oxygen atoms in total. The van der Waals surface area contributed by atoms with Gasteiger partial charge in [0, 0.05) is 6.54 Å². The number of para-hydroxylation sites is 2. The van der Waals surface area contributed by atoms with Crippen molar-refractivity contribution < 1.29 is 9.53 Å². The highest BCUT2D eigenvalue weighted by atomic mass is 32.2. The lowest BCUT2D eigenvalue weighted by Gasteiger charge is -2.37. The lowest BCUT2D eigenvalue weighted by Crippen LogP contribution is -2.51. The topological polar surface area (TPSA) is 47.4 Å². The molecule has 0 aliphatic carbocycles. The Morgan fingerprint density at radius 3 is 2.96 bits per heavy atom. The number of benzene rings is 1. The lowest BCUT2D eigenvalue weighted by molar-refractivity contribution is -0.143. The molecule has 0 saturated carbocycles. The predicted octanol–water partition coefficient (Wildman–Crippen LogP) is 2.54. The first-order valence-electron chi connectivity index (χ1n) is 7.94. The number of hydrogen-bond donors (Lipinski definition) is 0. The van der Waals surface area contributed by atoms with Gasteiger partial charge in [-0.1, -0.05) is 12.1 Å². The maximum absolute atomic E-state index is 12.8. The fourth-order valence-electron chi connectivity index (χ4n) is 3.02. The van der Waals surface area contributed by atoms with Gasteiger partial charge in [0.1, 0.15) is 12.4 Å². The van der Waals surface area contributed by atoms with Crippen LogP contribution in [0.1, 0.15) is 19.7 Å². The standard InChI is InChI=1S/C17H23N3O2S/c1-12-10-22-13(2)8-19(12)17(21)9-20-15-7-5-4-6-14(15)18-16(20)11-23-3/h4-7,12-13H,8-11H2,1-3H3/t12-,13-/m0/s1. The number of nitrogens with zero attached hydrogens (tertiary/aromatic N) is 3. The minimum absolute atomic E-state index is 0.0975. The molecule has 0 N–H and O–H groups in total. The molecule has 0 spiro atoms. The zero-order chi connectivity index (χ0) is 16.4. The third-order valence-electron chi connectivity index (χ3n) is 4.23. The Bertz CT molecular complexity index is 700. The van der Waals surface area contributed by atoms with Gasteiger partial charge in [0.2, 0.25) is 5.91 Å². The highest BCUT2D eigenvalue weighted by Gasteiger charge is 2.28. The first kappa shape index (κ1) is 16.3. The van der Waals surface area contributed by atoms with Gasteiger partial charge in [-0.3, -0.25) is 4.79 Å². The van der Waals surface area contributed by atoms with Crippen LogP contribution in [0.3, 0.4) is 0 Å². The van der Waals surface area contributed by atoms with E-state index < -0.39 is 0 Å². The SMILES string of the molecule is CSCc1nc2ccccc2n1CC(=O)N1C[C@H](C)OC[C@@H]1C. The second-order valence-electron chi connectivity index (χ2n) is 6.07. The maximum Gasteiger partial charge on any atom is 0.242 e. The van der Waals surface area contributed by atoms with Gasteiger partial charge in [-0.05, 0) is 32.2 Å². The Kier molecular flexibility index (Phi) is 4.92. The summed E-state index contributed by atoms with van der Waals surface area (Å²) in [6, 6.07) is 8.13. The summed E-state index contributed by atoms with van der Waals surface area (Å²) in [6.07, 6.45) is 2.15. The number of morpholine rings is 1. The molecule has 1 aliphatic heterocycles. The Morgan fingerprint density at radius 1 is 1.39 bits per heavy atom. The molecule has 6 heteroatoms. The molecule has 1 amide bonds. The number of rotatable bonds is 4. The quantitative estimate of drug-likeness (QED) is 0.863. The van der Waals surface area contributed by atoms with Gasteiger partial charge in [-0.2, -0.15) is 11.8 Å². The molecule has 2 aromatic rings. The third-order valence-corrected chi connectivity index (χ3v) is 4.78. The van der Waals surface area contributed by atoms with Gasteiger partial charge >= 0.3 is 0 Å². The first-order chi connectivity index (χ1) is 11.1. The van der Waals surface area contributed by atoms with Crippen molar-refractivity contribution in [1.82, 2.24) is 14.5 Å². The fourth-order valence-corrected chi connectivity index (χ4v) is 3.50. The zero-order valence-electron chi connectivity index (χ0n) is 13.9. The van der Waals surface area contributed by atoms with E-state index in [1.54, 1.807) is 11.8 Å².